The fourth-order valence-corrected chi connectivity index (χ4v) is 1.36. The number of hydrogen-bond acceptors (Lipinski definition) is 2. The maximum absolute atomic E-state index is 11.7. The van der Waals surface area contributed by atoms with E-state index < -0.39 is 6.04 Å². The molecule has 1 atom stereocenters. The van der Waals surface area contributed by atoms with Crippen molar-refractivity contribution in [3.63, 3.8) is 0 Å². The number of carbonyl (C=O) groups is 1. The van der Waals surface area contributed by atoms with Gasteiger partial charge in [-0.1, -0.05) is 20.8 Å². The molecule has 0 unspecified atom stereocenters. The summed E-state index contributed by atoms with van der Waals surface area (Å²) in [5.74, 6) is -0.101. The number of nitrogens with two attached hydrogens (primary N) is 1. The maximum Gasteiger partial charge on any atom is 0.237 e. The highest BCUT2D eigenvalue weighted by atomic mass is 16.2. The van der Waals surface area contributed by atoms with Gasteiger partial charge in [-0.05, 0) is 17.0 Å². The van der Waals surface area contributed by atoms with Crippen LogP contribution in [0.2, 0.25) is 0 Å². The molecule has 4 heteroatoms. The third kappa shape index (κ3) is 3.38. The number of aromatic nitrogens is 1. The number of amides is 1. The van der Waals surface area contributed by atoms with E-state index in [1.165, 1.54) is 0 Å². The first-order chi connectivity index (χ1) is 7.30. The van der Waals surface area contributed by atoms with E-state index in [1.807, 2.05) is 50.8 Å². The average Bonchev–Trinajstić information content (AvgIpc) is 2.58. The normalized spacial score (nSPS) is 13.6. The predicted octanol–water partition coefficient (Wildman–Crippen LogP) is 1.01. The Labute approximate surface area is 96.8 Å². The Morgan fingerprint density at radius 2 is 2.19 bits per heavy atom. The summed E-state index contributed by atoms with van der Waals surface area (Å²) in [6, 6.07) is 1.50. The molecule has 16 heavy (non-hydrogen) atoms. The second-order valence-corrected chi connectivity index (χ2v) is 5.25. The fraction of sp³-hybridized carbons (Fsp3) is 0.583. The number of aryl methyl sites for hydroxylation is 1. The van der Waals surface area contributed by atoms with Crippen molar-refractivity contribution in [1.82, 2.24) is 9.88 Å². The molecule has 90 valence electrons. The predicted molar refractivity (Wildman–Crippen MR) is 64.7 cm³/mol. The van der Waals surface area contributed by atoms with Gasteiger partial charge in [-0.3, -0.25) is 4.79 Å². The Morgan fingerprint density at radius 1 is 1.56 bits per heavy atom. The zero-order chi connectivity index (χ0) is 12.3. The zero-order valence-corrected chi connectivity index (χ0v) is 10.4. The lowest BCUT2D eigenvalue weighted by Crippen LogP contribution is -2.48. The van der Waals surface area contributed by atoms with E-state index in [9.17, 15) is 4.79 Å². The van der Waals surface area contributed by atoms with E-state index in [2.05, 4.69) is 5.32 Å². The second-order valence-electron chi connectivity index (χ2n) is 5.25. The lowest BCUT2D eigenvalue weighted by molar-refractivity contribution is -0.124. The smallest absolute Gasteiger partial charge is 0.237 e. The van der Waals surface area contributed by atoms with Gasteiger partial charge in [0, 0.05) is 26.0 Å². The number of carbonyl (C=O) groups excluding carboxylic acids is 1. The van der Waals surface area contributed by atoms with Crippen molar-refractivity contribution in [2.24, 2.45) is 18.2 Å². The molecule has 1 aromatic heterocycles. The molecule has 4 nitrogen and oxygen atoms in total. The molecule has 3 N–H and O–H groups in total. The van der Waals surface area contributed by atoms with Crippen molar-refractivity contribution in [2.45, 2.75) is 33.4 Å². The molecule has 0 spiro atoms. The van der Waals surface area contributed by atoms with Crippen LogP contribution in [0.5, 0.6) is 0 Å². The Balaban J connectivity index is 2.47. The van der Waals surface area contributed by atoms with E-state index in [0.717, 1.165) is 5.56 Å². The summed E-state index contributed by atoms with van der Waals surface area (Å²) in [4.78, 5) is 11.7. The van der Waals surface area contributed by atoms with Crippen molar-refractivity contribution < 1.29 is 4.79 Å². The maximum atomic E-state index is 11.7. The lowest BCUT2D eigenvalue weighted by Gasteiger charge is -2.25. The average molecular weight is 223 g/mol. The van der Waals surface area contributed by atoms with Gasteiger partial charge in [-0.15, -0.1) is 0 Å². The van der Waals surface area contributed by atoms with Crippen LogP contribution >= 0.6 is 0 Å². The minimum atomic E-state index is -0.476. The van der Waals surface area contributed by atoms with Gasteiger partial charge in [0.1, 0.15) is 0 Å². The van der Waals surface area contributed by atoms with Gasteiger partial charge >= 0.3 is 0 Å². The monoisotopic (exact) mass is 223 g/mol. The third-order valence-corrected chi connectivity index (χ3v) is 2.58. The van der Waals surface area contributed by atoms with Crippen molar-refractivity contribution in [1.29, 1.82) is 0 Å². The van der Waals surface area contributed by atoms with Crippen LogP contribution in [0.3, 0.4) is 0 Å². The Hall–Kier alpha value is -1.29. The largest absolute Gasteiger partial charge is 0.357 e. The number of nitrogens with one attached hydrogen (secondary N) is 1. The molecule has 0 saturated heterocycles. The molecule has 0 aliphatic carbocycles. The van der Waals surface area contributed by atoms with Gasteiger partial charge < -0.3 is 15.6 Å². The Bertz CT molecular complexity index is 363. The third-order valence-electron chi connectivity index (χ3n) is 2.58. The first-order valence-corrected chi connectivity index (χ1v) is 5.45. The van der Waals surface area contributed by atoms with Crippen LogP contribution in [-0.4, -0.2) is 16.5 Å². The summed E-state index contributed by atoms with van der Waals surface area (Å²) in [6.45, 7) is 6.41. The van der Waals surface area contributed by atoms with Crippen LogP contribution in [0.25, 0.3) is 0 Å². The van der Waals surface area contributed by atoms with E-state index in [0.29, 0.717) is 6.54 Å². The number of rotatable bonds is 3. The van der Waals surface area contributed by atoms with Crippen LogP contribution in [0.1, 0.15) is 26.3 Å². The van der Waals surface area contributed by atoms with E-state index >= 15 is 0 Å². The highest BCUT2D eigenvalue weighted by Crippen LogP contribution is 2.17. The molecule has 0 aromatic carbocycles. The van der Waals surface area contributed by atoms with Gasteiger partial charge in [-0.25, -0.2) is 0 Å². The van der Waals surface area contributed by atoms with Crippen molar-refractivity contribution in [2.75, 3.05) is 0 Å². The molecule has 0 fully saturated rings. The topological polar surface area (TPSA) is 60.0 Å². The van der Waals surface area contributed by atoms with E-state index in [-0.39, 0.29) is 11.3 Å². The van der Waals surface area contributed by atoms with E-state index in [1.54, 1.807) is 0 Å². The second kappa shape index (κ2) is 4.70. The molecule has 0 radical (unpaired) electrons. The van der Waals surface area contributed by atoms with Crippen molar-refractivity contribution in [3.8, 4) is 0 Å². The highest BCUT2D eigenvalue weighted by molar-refractivity contribution is 5.82. The van der Waals surface area contributed by atoms with Gasteiger partial charge in [0.2, 0.25) is 5.91 Å². The van der Waals surface area contributed by atoms with Crippen LogP contribution in [0.15, 0.2) is 18.5 Å². The molecule has 1 amide bonds. The van der Waals surface area contributed by atoms with Crippen molar-refractivity contribution >= 4 is 5.91 Å². The van der Waals surface area contributed by atoms with Gasteiger partial charge in [-0.2, -0.15) is 0 Å². The molecular formula is C12H21N3O. The molecule has 0 saturated carbocycles. The molecule has 0 bridgehead atoms. The summed E-state index contributed by atoms with van der Waals surface area (Å²) in [5.41, 5.74) is 6.72. The summed E-state index contributed by atoms with van der Waals surface area (Å²) >= 11 is 0. The summed E-state index contributed by atoms with van der Waals surface area (Å²) < 4.78 is 1.95. The summed E-state index contributed by atoms with van der Waals surface area (Å²) in [7, 11) is 1.95. The van der Waals surface area contributed by atoms with Crippen molar-refractivity contribution in [3.05, 3.63) is 24.0 Å². The van der Waals surface area contributed by atoms with Gasteiger partial charge in [0.05, 0.1) is 6.04 Å². The van der Waals surface area contributed by atoms with Crippen LogP contribution in [0, 0.1) is 5.41 Å². The first-order valence-electron chi connectivity index (χ1n) is 5.45. The van der Waals surface area contributed by atoms with E-state index in [4.69, 9.17) is 5.73 Å². The SMILES string of the molecule is Cn1ccc(CNC(=O)[C@H](N)C(C)(C)C)c1. The summed E-state index contributed by atoms with van der Waals surface area (Å²) in [6.07, 6.45) is 3.92. The minimum absolute atomic E-state index is 0.101. The van der Waals surface area contributed by atoms with Crippen LogP contribution < -0.4 is 11.1 Å². The van der Waals surface area contributed by atoms with Crippen LogP contribution in [0.4, 0.5) is 0 Å². The fourth-order valence-electron chi connectivity index (χ4n) is 1.36. The Morgan fingerprint density at radius 3 is 2.62 bits per heavy atom. The molecule has 0 aliphatic rings. The lowest BCUT2D eigenvalue weighted by atomic mass is 9.87. The summed E-state index contributed by atoms with van der Waals surface area (Å²) in [5, 5.41) is 2.84. The molecule has 1 rings (SSSR count). The van der Waals surface area contributed by atoms with Gasteiger partial charge in [0.25, 0.3) is 0 Å². The minimum Gasteiger partial charge on any atom is -0.357 e. The Kier molecular flexibility index (Phi) is 3.75. The number of nitrogens with zero attached hydrogens (tertiary/aromatic N) is 1. The highest BCUT2D eigenvalue weighted by Gasteiger charge is 2.26. The van der Waals surface area contributed by atoms with Gasteiger partial charge in [0.15, 0.2) is 0 Å². The molecule has 1 heterocycles. The molecule has 1 aromatic rings. The quantitative estimate of drug-likeness (QED) is 0.803. The zero-order valence-electron chi connectivity index (χ0n) is 10.4. The van der Waals surface area contributed by atoms with Crippen LogP contribution in [-0.2, 0) is 18.4 Å². The first kappa shape index (κ1) is 12.8. The molecule has 0 aliphatic heterocycles. The molecular weight excluding hydrogens is 202 g/mol. The number of hydrogen-bond donors (Lipinski definition) is 2. The standard InChI is InChI=1S/C12H21N3O/c1-12(2,3)10(13)11(16)14-7-9-5-6-15(4)8-9/h5-6,8,10H,7,13H2,1-4H3,(H,14,16)/t10-/m0/s1.